The number of hydrogen-bond donors (Lipinski definition) is 2. The molecule has 4 heteroatoms. The van der Waals surface area contributed by atoms with E-state index < -0.39 is 0 Å². The van der Waals surface area contributed by atoms with Crippen LogP contribution in [-0.4, -0.2) is 16.1 Å². The molecule has 0 fully saturated rings. The topological polar surface area (TPSA) is 57.8 Å². The van der Waals surface area contributed by atoms with Crippen molar-refractivity contribution in [3.8, 4) is 11.3 Å². The molecule has 0 aliphatic carbocycles. The van der Waals surface area contributed by atoms with Crippen molar-refractivity contribution in [2.45, 2.75) is 6.92 Å². The molecule has 0 unspecified atom stereocenters. The second-order valence-electron chi connectivity index (χ2n) is 6.02. The SMILES string of the molecule is Cc1cccc(NC(=O)c2cc(-c3cccc4ccccc34)n[nH]2)c1. The molecular formula is C21H17N3O. The predicted molar refractivity (Wildman–Crippen MR) is 101 cm³/mol. The fraction of sp³-hybridized carbons (Fsp3) is 0.0476. The number of nitrogens with one attached hydrogen (secondary N) is 2. The molecule has 1 aromatic heterocycles. The summed E-state index contributed by atoms with van der Waals surface area (Å²) in [5.41, 5.74) is 4.06. The Morgan fingerprint density at radius 2 is 1.76 bits per heavy atom. The second-order valence-corrected chi connectivity index (χ2v) is 6.02. The molecule has 25 heavy (non-hydrogen) atoms. The Balaban J connectivity index is 1.64. The molecule has 0 saturated heterocycles. The van der Waals surface area contributed by atoms with Crippen LogP contribution in [0.5, 0.6) is 0 Å². The molecule has 1 amide bonds. The van der Waals surface area contributed by atoms with Crippen molar-refractivity contribution in [3.63, 3.8) is 0 Å². The van der Waals surface area contributed by atoms with E-state index in [1.165, 1.54) is 0 Å². The first-order valence-electron chi connectivity index (χ1n) is 8.12. The monoisotopic (exact) mass is 327 g/mol. The van der Waals surface area contributed by atoms with Gasteiger partial charge in [0.1, 0.15) is 5.69 Å². The standard InChI is InChI=1S/C21H17N3O/c1-14-6-4-9-16(12-14)22-21(25)20-13-19(23-24-20)18-11-5-8-15-7-2-3-10-17(15)18/h2-13H,1H3,(H,22,25)(H,23,24). The summed E-state index contributed by atoms with van der Waals surface area (Å²) in [6, 6.07) is 23.7. The van der Waals surface area contributed by atoms with E-state index in [0.29, 0.717) is 5.69 Å². The predicted octanol–water partition coefficient (Wildman–Crippen LogP) is 4.79. The van der Waals surface area contributed by atoms with Crippen LogP contribution < -0.4 is 5.32 Å². The highest BCUT2D eigenvalue weighted by atomic mass is 16.1. The van der Waals surface area contributed by atoms with Gasteiger partial charge >= 0.3 is 0 Å². The van der Waals surface area contributed by atoms with Crippen molar-refractivity contribution in [1.82, 2.24) is 10.2 Å². The summed E-state index contributed by atoms with van der Waals surface area (Å²) in [6.07, 6.45) is 0. The van der Waals surface area contributed by atoms with Crippen molar-refractivity contribution in [2.75, 3.05) is 5.32 Å². The Morgan fingerprint density at radius 3 is 2.64 bits per heavy atom. The van der Waals surface area contributed by atoms with Gasteiger partial charge in [-0.2, -0.15) is 5.10 Å². The number of carbonyl (C=O) groups is 1. The Hall–Kier alpha value is -3.40. The lowest BCUT2D eigenvalue weighted by molar-refractivity contribution is 0.102. The zero-order valence-corrected chi connectivity index (χ0v) is 13.8. The maximum atomic E-state index is 12.5. The maximum Gasteiger partial charge on any atom is 0.273 e. The number of hydrogen-bond acceptors (Lipinski definition) is 2. The fourth-order valence-electron chi connectivity index (χ4n) is 2.95. The molecule has 3 aromatic carbocycles. The summed E-state index contributed by atoms with van der Waals surface area (Å²) < 4.78 is 0. The summed E-state index contributed by atoms with van der Waals surface area (Å²) >= 11 is 0. The third kappa shape index (κ3) is 3.02. The smallest absolute Gasteiger partial charge is 0.273 e. The summed E-state index contributed by atoms with van der Waals surface area (Å²) in [5, 5.41) is 12.3. The number of H-pyrrole nitrogens is 1. The Bertz CT molecular complexity index is 1060. The Labute approximate surface area is 145 Å². The molecule has 4 rings (SSSR count). The van der Waals surface area contributed by atoms with Crippen LogP contribution in [0, 0.1) is 6.92 Å². The molecule has 4 aromatic rings. The number of aromatic amines is 1. The molecule has 1 heterocycles. The van der Waals surface area contributed by atoms with Crippen LogP contribution in [0.3, 0.4) is 0 Å². The summed E-state index contributed by atoms with van der Waals surface area (Å²) in [6.45, 7) is 1.99. The number of rotatable bonds is 3. The Morgan fingerprint density at radius 1 is 0.960 bits per heavy atom. The average Bonchev–Trinajstić information content (AvgIpc) is 3.11. The molecule has 0 aliphatic heterocycles. The molecule has 0 saturated carbocycles. The number of carbonyl (C=O) groups excluding carboxylic acids is 1. The summed E-state index contributed by atoms with van der Waals surface area (Å²) in [7, 11) is 0. The quantitative estimate of drug-likeness (QED) is 0.568. The van der Waals surface area contributed by atoms with Crippen LogP contribution in [0.15, 0.2) is 72.8 Å². The van der Waals surface area contributed by atoms with Gasteiger partial charge in [0.15, 0.2) is 0 Å². The number of aromatic nitrogens is 2. The molecule has 0 bridgehead atoms. The van der Waals surface area contributed by atoms with Gasteiger partial charge in [0.05, 0.1) is 5.69 Å². The first-order chi connectivity index (χ1) is 12.2. The van der Waals surface area contributed by atoms with E-state index in [2.05, 4.69) is 33.7 Å². The van der Waals surface area contributed by atoms with Crippen LogP contribution in [0.2, 0.25) is 0 Å². The van der Waals surface area contributed by atoms with E-state index in [9.17, 15) is 4.79 Å². The summed E-state index contributed by atoms with van der Waals surface area (Å²) in [4.78, 5) is 12.5. The Kier molecular flexibility index (Phi) is 3.78. The number of nitrogens with zero attached hydrogens (tertiary/aromatic N) is 1. The lowest BCUT2D eigenvalue weighted by Crippen LogP contribution is -2.12. The van der Waals surface area contributed by atoms with E-state index in [1.54, 1.807) is 6.07 Å². The minimum atomic E-state index is -0.204. The highest BCUT2D eigenvalue weighted by molar-refractivity contribution is 6.04. The fourth-order valence-corrected chi connectivity index (χ4v) is 2.95. The van der Waals surface area contributed by atoms with Gasteiger partial charge in [0, 0.05) is 11.3 Å². The molecular weight excluding hydrogens is 310 g/mol. The van der Waals surface area contributed by atoms with Gasteiger partial charge in [0.25, 0.3) is 5.91 Å². The molecule has 0 atom stereocenters. The van der Waals surface area contributed by atoms with E-state index in [1.807, 2.05) is 55.5 Å². The van der Waals surface area contributed by atoms with Crippen molar-refractivity contribution in [3.05, 3.63) is 84.1 Å². The van der Waals surface area contributed by atoms with Crippen LogP contribution in [0.1, 0.15) is 16.1 Å². The second kappa shape index (κ2) is 6.24. The van der Waals surface area contributed by atoms with Gasteiger partial charge < -0.3 is 5.32 Å². The van der Waals surface area contributed by atoms with Gasteiger partial charge in [0.2, 0.25) is 0 Å². The van der Waals surface area contributed by atoms with Gasteiger partial charge in [-0.05, 0) is 41.5 Å². The largest absolute Gasteiger partial charge is 0.321 e. The molecule has 4 nitrogen and oxygen atoms in total. The number of amides is 1. The highest BCUT2D eigenvalue weighted by Crippen LogP contribution is 2.27. The molecule has 0 radical (unpaired) electrons. The van der Waals surface area contributed by atoms with E-state index in [-0.39, 0.29) is 5.91 Å². The van der Waals surface area contributed by atoms with E-state index in [4.69, 9.17) is 0 Å². The minimum Gasteiger partial charge on any atom is -0.321 e. The average molecular weight is 327 g/mol. The molecule has 122 valence electrons. The minimum absolute atomic E-state index is 0.204. The first kappa shape index (κ1) is 15.1. The van der Waals surface area contributed by atoms with Crippen LogP contribution in [-0.2, 0) is 0 Å². The molecule has 2 N–H and O–H groups in total. The van der Waals surface area contributed by atoms with Gasteiger partial charge in [-0.1, -0.05) is 54.6 Å². The van der Waals surface area contributed by atoms with E-state index >= 15 is 0 Å². The van der Waals surface area contributed by atoms with Gasteiger partial charge in [-0.15, -0.1) is 0 Å². The van der Waals surface area contributed by atoms with Crippen molar-refractivity contribution < 1.29 is 4.79 Å². The van der Waals surface area contributed by atoms with Crippen LogP contribution >= 0.6 is 0 Å². The van der Waals surface area contributed by atoms with Gasteiger partial charge in [-0.3, -0.25) is 9.89 Å². The molecule has 0 aliphatic rings. The normalized spacial score (nSPS) is 10.8. The van der Waals surface area contributed by atoms with Gasteiger partial charge in [-0.25, -0.2) is 0 Å². The number of benzene rings is 3. The summed E-state index contributed by atoms with van der Waals surface area (Å²) in [5.74, 6) is -0.204. The highest BCUT2D eigenvalue weighted by Gasteiger charge is 2.13. The zero-order valence-electron chi connectivity index (χ0n) is 13.8. The number of fused-ring (bicyclic) bond motifs is 1. The lowest BCUT2D eigenvalue weighted by atomic mass is 10.0. The number of aryl methyl sites for hydroxylation is 1. The number of anilines is 1. The van der Waals surface area contributed by atoms with Crippen molar-refractivity contribution >= 4 is 22.4 Å². The lowest BCUT2D eigenvalue weighted by Gasteiger charge is -2.04. The van der Waals surface area contributed by atoms with Crippen LogP contribution in [0.4, 0.5) is 5.69 Å². The van der Waals surface area contributed by atoms with E-state index in [0.717, 1.165) is 33.3 Å². The first-order valence-corrected chi connectivity index (χ1v) is 8.12. The van der Waals surface area contributed by atoms with Crippen LogP contribution in [0.25, 0.3) is 22.0 Å². The maximum absolute atomic E-state index is 12.5. The third-order valence-corrected chi connectivity index (χ3v) is 4.16. The van der Waals surface area contributed by atoms with Crippen molar-refractivity contribution in [1.29, 1.82) is 0 Å². The molecule has 0 spiro atoms. The third-order valence-electron chi connectivity index (χ3n) is 4.16. The zero-order chi connectivity index (χ0) is 17.2. The van der Waals surface area contributed by atoms with Crippen molar-refractivity contribution in [2.24, 2.45) is 0 Å².